The third-order valence-electron chi connectivity index (χ3n) is 3.84. The zero-order chi connectivity index (χ0) is 17.9. The van der Waals surface area contributed by atoms with E-state index < -0.39 is 17.7 Å². The van der Waals surface area contributed by atoms with Crippen LogP contribution in [0.3, 0.4) is 0 Å². The highest BCUT2D eigenvalue weighted by molar-refractivity contribution is 6.33. The monoisotopic (exact) mass is 373 g/mol. The lowest BCUT2D eigenvalue weighted by Crippen LogP contribution is -3.12. The van der Waals surface area contributed by atoms with Crippen LogP contribution in [0, 0.1) is 11.6 Å². The van der Waals surface area contributed by atoms with Gasteiger partial charge in [0.05, 0.1) is 28.3 Å². The van der Waals surface area contributed by atoms with E-state index in [4.69, 9.17) is 23.2 Å². The second-order valence-corrected chi connectivity index (χ2v) is 6.37. The summed E-state index contributed by atoms with van der Waals surface area (Å²) >= 11 is 11.9. The summed E-state index contributed by atoms with van der Waals surface area (Å²) in [6, 6.07) is 7.70. The number of halogens is 4. The minimum atomic E-state index is -0.498. The second-order valence-electron chi connectivity index (χ2n) is 5.56. The molecule has 0 bridgehead atoms. The summed E-state index contributed by atoms with van der Waals surface area (Å²) in [6.07, 6.45) is 0. The van der Waals surface area contributed by atoms with Crippen LogP contribution < -0.4 is 10.2 Å². The molecule has 0 fully saturated rings. The predicted octanol–water partition coefficient (Wildman–Crippen LogP) is 3.31. The number of rotatable bonds is 5. The molecule has 0 radical (unpaired) electrons. The van der Waals surface area contributed by atoms with Gasteiger partial charge in [-0.1, -0.05) is 29.3 Å². The number of amides is 1. The summed E-state index contributed by atoms with van der Waals surface area (Å²) in [5.74, 6) is -1.20. The molecule has 0 aliphatic carbocycles. The first-order valence-electron chi connectivity index (χ1n) is 7.30. The van der Waals surface area contributed by atoms with Gasteiger partial charge in [-0.15, -0.1) is 0 Å². The highest BCUT2D eigenvalue weighted by Gasteiger charge is 2.24. The maximum atomic E-state index is 13.9. The molecule has 0 aromatic heterocycles. The van der Waals surface area contributed by atoms with Crippen molar-refractivity contribution in [3.8, 4) is 0 Å². The van der Waals surface area contributed by atoms with Crippen LogP contribution in [-0.2, 0) is 11.3 Å². The van der Waals surface area contributed by atoms with Gasteiger partial charge in [-0.3, -0.25) is 4.79 Å². The Morgan fingerprint density at radius 2 is 1.92 bits per heavy atom. The number of nitrogens with one attached hydrogen (secondary N) is 2. The second kappa shape index (κ2) is 7.92. The molecule has 0 saturated carbocycles. The topological polar surface area (TPSA) is 33.5 Å². The summed E-state index contributed by atoms with van der Waals surface area (Å²) in [5, 5.41) is 3.09. The molecule has 2 aromatic rings. The molecule has 0 aliphatic rings. The van der Waals surface area contributed by atoms with Crippen LogP contribution in [0.1, 0.15) is 12.5 Å². The fourth-order valence-electron chi connectivity index (χ4n) is 2.19. The van der Waals surface area contributed by atoms with Crippen molar-refractivity contribution < 1.29 is 18.5 Å². The lowest BCUT2D eigenvalue weighted by Gasteiger charge is -2.22. The van der Waals surface area contributed by atoms with Crippen LogP contribution in [0.5, 0.6) is 0 Å². The van der Waals surface area contributed by atoms with Crippen LogP contribution in [0.15, 0.2) is 36.4 Å². The minimum Gasteiger partial charge on any atom is -0.323 e. The molecule has 2 aromatic carbocycles. The Hall–Kier alpha value is -1.69. The highest BCUT2D eigenvalue weighted by atomic mass is 35.5. The van der Waals surface area contributed by atoms with Crippen molar-refractivity contribution in [2.45, 2.75) is 19.5 Å². The van der Waals surface area contributed by atoms with Gasteiger partial charge in [-0.05, 0) is 37.3 Å². The average Bonchev–Trinajstić information content (AvgIpc) is 2.52. The molecule has 1 unspecified atom stereocenters. The Morgan fingerprint density at radius 1 is 1.21 bits per heavy atom. The third-order valence-corrected chi connectivity index (χ3v) is 4.51. The molecule has 0 spiro atoms. The molecular formula is C17H17Cl2F2N2O+. The summed E-state index contributed by atoms with van der Waals surface area (Å²) in [6.45, 7) is 1.95. The van der Waals surface area contributed by atoms with Gasteiger partial charge >= 0.3 is 0 Å². The van der Waals surface area contributed by atoms with Gasteiger partial charge in [0.1, 0.15) is 18.2 Å². The maximum Gasteiger partial charge on any atom is 0.282 e. The molecule has 3 nitrogen and oxygen atoms in total. The van der Waals surface area contributed by atoms with Crippen molar-refractivity contribution in [1.29, 1.82) is 0 Å². The van der Waals surface area contributed by atoms with Crippen LogP contribution in [0.25, 0.3) is 0 Å². The predicted molar refractivity (Wildman–Crippen MR) is 91.5 cm³/mol. The number of benzene rings is 2. The zero-order valence-corrected chi connectivity index (χ0v) is 14.7. The van der Waals surface area contributed by atoms with E-state index in [1.807, 2.05) is 0 Å². The van der Waals surface area contributed by atoms with E-state index >= 15 is 0 Å². The molecule has 2 rings (SSSR count). The van der Waals surface area contributed by atoms with Gasteiger partial charge < -0.3 is 10.2 Å². The van der Waals surface area contributed by atoms with Crippen molar-refractivity contribution in [3.63, 3.8) is 0 Å². The summed E-state index contributed by atoms with van der Waals surface area (Å²) < 4.78 is 26.9. The van der Waals surface area contributed by atoms with E-state index in [0.29, 0.717) is 16.3 Å². The van der Waals surface area contributed by atoms with Gasteiger partial charge in [0.15, 0.2) is 6.04 Å². The quantitative estimate of drug-likeness (QED) is 0.827. The molecule has 1 amide bonds. The molecule has 128 valence electrons. The Kier molecular flexibility index (Phi) is 6.15. The lowest BCUT2D eigenvalue weighted by atomic mass is 10.1. The SMILES string of the molecule is C[C@H](C(=O)Nc1ccc(F)cc1Cl)[NH+](C)Cc1c(F)cccc1Cl. The number of quaternary nitrogens is 1. The van der Waals surface area contributed by atoms with Crippen molar-refractivity contribution in [1.82, 2.24) is 0 Å². The first-order valence-corrected chi connectivity index (χ1v) is 8.06. The van der Waals surface area contributed by atoms with Gasteiger partial charge in [-0.2, -0.15) is 0 Å². The van der Waals surface area contributed by atoms with E-state index in [1.54, 1.807) is 20.0 Å². The Labute approximate surface area is 149 Å². The number of hydrogen-bond donors (Lipinski definition) is 2. The number of hydrogen-bond acceptors (Lipinski definition) is 1. The smallest absolute Gasteiger partial charge is 0.282 e. The molecule has 0 heterocycles. The van der Waals surface area contributed by atoms with E-state index in [0.717, 1.165) is 11.0 Å². The van der Waals surface area contributed by atoms with Crippen LogP contribution in [0.2, 0.25) is 10.0 Å². The van der Waals surface area contributed by atoms with E-state index in [2.05, 4.69) is 5.32 Å². The molecule has 0 aliphatic heterocycles. The molecule has 24 heavy (non-hydrogen) atoms. The number of anilines is 1. The molecule has 7 heteroatoms. The third kappa shape index (κ3) is 4.44. The van der Waals surface area contributed by atoms with Gasteiger partial charge in [0, 0.05) is 0 Å². The van der Waals surface area contributed by atoms with Crippen molar-refractivity contribution in [3.05, 3.63) is 63.6 Å². The molecule has 2 atom stereocenters. The standard InChI is InChI=1S/C17H16Cl2F2N2O/c1-10(17(24)22-16-7-6-11(20)8-14(16)19)23(2)9-12-13(18)4-3-5-15(12)21/h3-8,10H,9H2,1-2H3,(H,22,24)/p+1/t10-/m1/s1. The van der Waals surface area contributed by atoms with E-state index in [-0.39, 0.29) is 17.5 Å². The fraction of sp³-hybridized carbons (Fsp3) is 0.235. The zero-order valence-electron chi connectivity index (χ0n) is 13.2. The minimum absolute atomic E-state index is 0.116. The maximum absolute atomic E-state index is 13.9. The van der Waals surface area contributed by atoms with Gasteiger partial charge in [0.25, 0.3) is 5.91 Å². The molecule has 0 saturated heterocycles. The first kappa shape index (κ1) is 18.6. The summed E-state index contributed by atoms with van der Waals surface area (Å²) in [5.41, 5.74) is 0.683. The normalized spacial score (nSPS) is 13.4. The van der Waals surface area contributed by atoms with Crippen molar-refractivity contribution in [2.75, 3.05) is 12.4 Å². The van der Waals surface area contributed by atoms with Crippen LogP contribution in [-0.4, -0.2) is 19.0 Å². The largest absolute Gasteiger partial charge is 0.323 e. The highest BCUT2D eigenvalue weighted by Crippen LogP contribution is 2.22. The van der Waals surface area contributed by atoms with Crippen molar-refractivity contribution >= 4 is 34.8 Å². The first-order chi connectivity index (χ1) is 11.3. The van der Waals surface area contributed by atoms with Gasteiger partial charge in [0.2, 0.25) is 0 Å². The number of likely N-dealkylation sites (N-methyl/N-ethyl adjacent to an activating group) is 1. The average molecular weight is 374 g/mol. The lowest BCUT2D eigenvalue weighted by molar-refractivity contribution is -0.908. The molecular weight excluding hydrogens is 357 g/mol. The van der Waals surface area contributed by atoms with Crippen molar-refractivity contribution in [2.24, 2.45) is 0 Å². The van der Waals surface area contributed by atoms with Crippen LogP contribution in [0.4, 0.5) is 14.5 Å². The Morgan fingerprint density at radius 3 is 2.54 bits per heavy atom. The van der Waals surface area contributed by atoms with E-state index in [9.17, 15) is 13.6 Å². The number of carbonyl (C=O) groups is 1. The summed E-state index contributed by atoms with van der Waals surface area (Å²) in [4.78, 5) is 13.1. The Bertz CT molecular complexity index is 735. The van der Waals surface area contributed by atoms with E-state index in [1.165, 1.54) is 24.3 Å². The number of carbonyl (C=O) groups excluding carboxylic acids is 1. The van der Waals surface area contributed by atoms with Crippen LogP contribution >= 0.6 is 23.2 Å². The fourth-order valence-corrected chi connectivity index (χ4v) is 2.63. The Balaban J connectivity index is 2.07. The van der Waals surface area contributed by atoms with Gasteiger partial charge in [-0.25, -0.2) is 8.78 Å². The molecule has 2 N–H and O–H groups in total. The summed E-state index contributed by atoms with van der Waals surface area (Å²) in [7, 11) is 1.76.